The van der Waals surface area contributed by atoms with E-state index in [1.54, 1.807) is 0 Å². The highest BCUT2D eigenvalue weighted by Crippen LogP contribution is 2.09. The van der Waals surface area contributed by atoms with Crippen LogP contribution in [0.25, 0.3) is 0 Å². The second-order valence-electron chi connectivity index (χ2n) is 5.21. The Labute approximate surface area is 99.6 Å². The Morgan fingerprint density at radius 2 is 1.94 bits per heavy atom. The van der Waals surface area contributed by atoms with Gasteiger partial charge >= 0.3 is 0 Å². The number of amides is 1. The number of hydrogen-bond donors (Lipinski definition) is 1. The van der Waals surface area contributed by atoms with E-state index in [9.17, 15) is 4.79 Å². The summed E-state index contributed by atoms with van der Waals surface area (Å²) in [7, 11) is 3.97. The summed E-state index contributed by atoms with van der Waals surface area (Å²) in [6, 6.07) is 0. The highest BCUT2D eigenvalue weighted by atomic mass is 16.1. The molecule has 16 heavy (non-hydrogen) atoms. The molecule has 3 heteroatoms. The van der Waals surface area contributed by atoms with E-state index in [4.69, 9.17) is 0 Å². The summed E-state index contributed by atoms with van der Waals surface area (Å²) in [4.78, 5) is 13.4. The predicted octanol–water partition coefficient (Wildman–Crippen LogP) is 1.49. The van der Waals surface area contributed by atoms with Gasteiger partial charge in [-0.3, -0.25) is 4.79 Å². The third-order valence-electron chi connectivity index (χ3n) is 1.82. The number of hydrogen-bond acceptors (Lipinski definition) is 2. The number of carbonyl (C=O) groups excluding carboxylic acids is 1. The van der Waals surface area contributed by atoms with Gasteiger partial charge in [0.05, 0.1) is 0 Å². The second-order valence-corrected chi connectivity index (χ2v) is 5.21. The van der Waals surface area contributed by atoms with Crippen molar-refractivity contribution in [2.24, 2.45) is 5.41 Å². The first-order chi connectivity index (χ1) is 7.31. The smallest absolute Gasteiger partial charge is 0.220 e. The molecule has 0 aliphatic carbocycles. The molecule has 0 aromatic rings. The summed E-state index contributed by atoms with van der Waals surface area (Å²) in [5.74, 6) is 6.24. The van der Waals surface area contributed by atoms with Crippen molar-refractivity contribution in [1.29, 1.82) is 0 Å². The van der Waals surface area contributed by atoms with Gasteiger partial charge < -0.3 is 10.2 Å². The van der Waals surface area contributed by atoms with Crippen LogP contribution in [0.2, 0.25) is 0 Å². The highest BCUT2D eigenvalue weighted by Gasteiger charge is 2.03. The summed E-state index contributed by atoms with van der Waals surface area (Å²) in [5, 5.41) is 2.86. The molecule has 0 spiro atoms. The first kappa shape index (κ1) is 15.0. The van der Waals surface area contributed by atoms with E-state index < -0.39 is 0 Å². The summed E-state index contributed by atoms with van der Waals surface area (Å²) in [6.07, 6.45) is 1.14. The quantitative estimate of drug-likeness (QED) is 0.718. The fourth-order valence-corrected chi connectivity index (χ4v) is 1.01. The maximum Gasteiger partial charge on any atom is 0.220 e. The minimum atomic E-state index is 0.0292. The van der Waals surface area contributed by atoms with Crippen LogP contribution in [0.1, 0.15) is 33.6 Å². The van der Waals surface area contributed by atoms with E-state index in [1.807, 2.05) is 19.0 Å². The van der Waals surface area contributed by atoms with Crippen LogP contribution in [0, 0.1) is 17.3 Å². The average molecular weight is 224 g/mol. The van der Waals surface area contributed by atoms with Crippen LogP contribution in [-0.2, 0) is 4.79 Å². The van der Waals surface area contributed by atoms with Crippen LogP contribution in [0.3, 0.4) is 0 Å². The largest absolute Gasteiger partial charge is 0.355 e. The molecular formula is C13H24N2O. The van der Waals surface area contributed by atoms with Crippen molar-refractivity contribution >= 4 is 5.91 Å². The van der Waals surface area contributed by atoms with Crippen LogP contribution < -0.4 is 5.32 Å². The van der Waals surface area contributed by atoms with Crippen LogP contribution in [0.5, 0.6) is 0 Å². The Kier molecular flexibility index (Phi) is 6.83. The molecule has 0 aromatic carbocycles. The minimum absolute atomic E-state index is 0.0292. The molecule has 1 N–H and O–H groups in total. The van der Waals surface area contributed by atoms with Crippen molar-refractivity contribution in [1.82, 2.24) is 10.2 Å². The summed E-state index contributed by atoms with van der Waals surface area (Å²) in [5.41, 5.74) is 0.0292. The van der Waals surface area contributed by atoms with Crippen molar-refractivity contribution in [2.75, 3.05) is 27.2 Å². The summed E-state index contributed by atoms with van der Waals surface area (Å²) < 4.78 is 0. The van der Waals surface area contributed by atoms with Crippen molar-refractivity contribution in [3.63, 3.8) is 0 Å². The lowest BCUT2D eigenvalue weighted by molar-refractivity contribution is -0.121. The Hall–Kier alpha value is -1.01. The number of nitrogens with zero attached hydrogens (tertiary/aromatic N) is 1. The molecule has 92 valence electrons. The molecule has 0 saturated heterocycles. The Morgan fingerprint density at radius 3 is 2.44 bits per heavy atom. The molecule has 0 radical (unpaired) electrons. The first-order valence-electron chi connectivity index (χ1n) is 5.73. The molecule has 0 aliphatic rings. The Balaban J connectivity index is 3.62. The second kappa shape index (κ2) is 7.29. The van der Waals surface area contributed by atoms with Gasteiger partial charge in [0.25, 0.3) is 0 Å². The minimum Gasteiger partial charge on any atom is -0.355 e. The van der Waals surface area contributed by atoms with Gasteiger partial charge in [-0.15, -0.1) is 5.92 Å². The Morgan fingerprint density at radius 1 is 1.31 bits per heavy atom. The van der Waals surface area contributed by atoms with Crippen molar-refractivity contribution in [2.45, 2.75) is 33.6 Å². The van der Waals surface area contributed by atoms with Crippen LogP contribution >= 0.6 is 0 Å². The van der Waals surface area contributed by atoms with Gasteiger partial charge in [-0.25, -0.2) is 0 Å². The average Bonchev–Trinajstić information content (AvgIpc) is 2.10. The summed E-state index contributed by atoms with van der Waals surface area (Å²) >= 11 is 0. The van der Waals surface area contributed by atoms with Gasteiger partial charge in [-0.2, -0.15) is 0 Å². The van der Waals surface area contributed by atoms with Gasteiger partial charge in [0, 0.05) is 31.3 Å². The third kappa shape index (κ3) is 11.1. The van der Waals surface area contributed by atoms with Gasteiger partial charge in [0.1, 0.15) is 0 Å². The topological polar surface area (TPSA) is 32.3 Å². The lowest BCUT2D eigenvalue weighted by Gasteiger charge is -2.09. The molecule has 0 aromatic heterocycles. The molecule has 0 heterocycles. The number of rotatable bonds is 5. The van der Waals surface area contributed by atoms with Gasteiger partial charge in [-0.05, 0) is 34.9 Å². The van der Waals surface area contributed by atoms with E-state index in [2.05, 4.69) is 37.9 Å². The monoisotopic (exact) mass is 224 g/mol. The zero-order chi connectivity index (χ0) is 12.6. The van der Waals surface area contributed by atoms with E-state index in [-0.39, 0.29) is 11.3 Å². The normalized spacial score (nSPS) is 10.9. The lowest BCUT2D eigenvalue weighted by Crippen LogP contribution is -2.31. The zero-order valence-electron chi connectivity index (χ0n) is 11.2. The first-order valence-corrected chi connectivity index (χ1v) is 5.73. The van der Waals surface area contributed by atoms with E-state index in [1.165, 1.54) is 0 Å². The highest BCUT2D eigenvalue weighted by molar-refractivity contribution is 5.76. The molecular weight excluding hydrogens is 200 g/mol. The fraction of sp³-hybridized carbons (Fsp3) is 0.769. The molecule has 0 saturated carbocycles. The zero-order valence-corrected chi connectivity index (χ0v) is 11.2. The number of nitrogens with one attached hydrogen (secondary N) is 1. The van der Waals surface area contributed by atoms with E-state index in [0.29, 0.717) is 19.4 Å². The standard InChI is InChI=1S/C13H24N2O/c1-13(2,3)9-7-6-8-12(16)14-10-11-15(4)5/h6,8,10-11H2,1-5H3,(H,14,16). The van der Waals surface area contributed by atoms with Crippen molar-refractivity contribution in [3.05, 3.63) is 0 Å². The third-order valence-corrected chi connectivity index (χ3v) is 1.82. The molecule has 1 amide bonds. The predicted molar refractivity (Wildman–Crippen MR) is 68.0 cm³/mol. The maximum atomic E-state index is 11.4. The van der Waals surface area contributed by atoms with Crippen LogP contribution in [-0.4, -0.2) is 38.0 Å². The maximum absolute atomic E-state index is 11.4. The number of likely N-dealkylation sites (N-methyl/N-ethyl adjacent to an activating group) is 1. The summed E-state index contributed by atoms with van der Waals surface area (Å²) in [6.45, 7) is 7.78. The van der Waals surface area contributed by atoms with Crippen molar-refractivity contribution in [3.8, 4) is 11.8 Å². The molecule has 0 aliphatic heterocycles. The molecule has 0 fully saturated rings. The van der Waals surface area contributed by atoms with Gasteiger partial charge in [0.15, 0.2) is 0 Å². The SMILES string of the molecule is CN(C)CCNC(=O)CCC#CC(C)(C)C. The Bertz CT molecular complexity index is 266. The van der Waals surface area contributed by atoms with Crippen LogP contribution in [0.15, 0.2) is 0 Å². The molecule has 0 bridgehead atoms. The molecule has 0 rings (SSSR count). The van der Waals surface area contributed by atoms with E-state index in [0.717, 1.165) is 6.54 Å². The molecule has 0 atom stereocenters. The van der Waals surface area contributed by atoms with Crippen molar-refractivity contribution < 1.29 is 4.79 Å². The fourth-order valence-electron chi connectivity index (χ4n) is 1.01. The van der Waals surface area contributed by atoms with Gasteiger partial charge in [-0.1, -0.05) is 5.92 Å². The number of carbonyl (C=O) groups is 1. The lowest BCUT2D eigenvalue weighted by atomic mass is 9.98. The molecule has 3 nitrogen and oxygen atoms in total. The van der Waals surface area contributed by atoms with E-state index >= 15 is 0 Å². The van der Waals surface area contributed by atoms with Crippen LogP contribution in [0.4, 0.5) is 0 Å². The van der Waals surface area contributed by atoms with Gasteiger partial charge in [0.2, 0.25) is 5.91 Å². The molecule has 0 unspecified atom stereocenters.